The molecule has 1 aliphatic rings. The van der Waals surface area contributed by atoms with Crippen molar-refractivity contribution in [1.29, 1.82) is 0 Å². The zero-order valence-electron chi connectivity index (χ0n) is 30.4. The van der Waals surface area contributed by atoms with Gasteiger partial charge in [-0.2, -0.15) is 0 Å². The topological polar surface area (TPSA) is 108 Å². The first-order valence-corrected chi connectivity index (χ1v) is 16.9. The van der Waals surface area contributed by atoms with Crippen molar-refractivity contribution in [3.63, 3.8) is 0 Å². The molecule has 0 aromatic heterocycles. The number of ketones is 2. The zero-order valence-corrected chi connectivity index (χ0v) is 30.4. The lowest BCUT2D eigenvalue weighted by atomic mass is 9.92. The average Bonchev–Trinajstić information content (AvgIpc) is 3.67. The predicted molar refractivity (Wildman–Crippen MR) is 193 cm³/mol. The van der Waals surface area contributed by atoms with Crippen molar-refractivity contribution < 1.29 is 47.5 Å². The van der Waals surface area contributed by atoms with Gasteiger partial charge in [-0.15, -0.1) is 0 Å². The van der Waals surface area contributed by atoms with Crippen LogP contribution in [-0.2, 0) is 0 Å². The van der Waals surface area contributed by atoms with E-state index in [4.69, 9.17) is 37.9 Å². The van der Waals surface area contributed by atoms with Crippen LogP contribution in [0.2, 0.25) is 0 Å². The SMILES string of the molecule is COc1ccc(C(=O)[C@@H](C)Oc2ccc([C@@H]3CC[C@H](c4ccc(O[C@H](C)C(=O)c5ccc(OC)c(OC)c5)c(OC)c4)C3)cc2OC)cc1OC. The molecule has 5 rings (SSSR count). The summed E-state index contributed by atoms with van der Waals surface area (Å²) in [5, 5.41) is 0. The normalized spacial score (nSPS) is 16.4. The molecule has 10 heteroatoms. The number of methoxy groups -OCH3 is 6. The number of Topliss-reactive ketones (excluding diaryl/α,β-unsaturated/α-hetero) is 2. The number of hydrogen-bond donors (Lipinski definition) is 0. The van der Waals surface area contributed by atoms with Gasteiger partial charge < -0.3 is 37.9 Å². The third-order valence-electron chi connectivity index (χ3n) is 9.43. The lowest BCUT2D eigenvalue weighted by Crippen LogP contribution is -2.24. The van der Waals surface area contributed by atoms with Gasteiger partial charge in [0.1, 0.15) is 0 Å². The molecule has 51 heavy (non-hydrogen) atoms. The highest BCUT2D eigenvalue weighted by Gasteiger charge is 2.29. The molecule has 4 aromatic carbocycles. The second-order valence-corrected chi connectivity index (χ2v) is 12.4. The molecule has 0 amide bonds. The van der Waals surface area contributed by atoms with Crippen molar-refractivity contribution in [2.45, 2.75) is 57.2 Å². The van der Waals surface area contributed by atoms with Gasteiger partial charge >= 0.3 is 0 Å². The van der Waals surface area contributed by atoms with Crippen LogP contribution in [0.5, 0.6) is 46.0 Å². The van der Waals surface area contributed by atoms with Gasteiger partial charge in [0.2, 0.25) is 11.6 Å². The van der Waals surface area contributed by atoms with Crippen LogP contribution in [0.25, 0.3) is 0 Å². The Hall–Kier alpha value is -5.38. The number of rotatable bonds is 16. The van der Waals surface area contributed by atoms with E-state index in [9.17, 15) is 9.59 Å². The fourth-order valence-corrected chi connectivity index (χ4v) is 6.59. The molecule has 0 N–H and O–H groups in total. The highest BCUT2D eigenvalue weighted by Crippen LogP contribution is 2.47. The number of benzene rings is 4. The second-order valence-electron chi connectivity index (χ2n) is 12.4. The third-order valence-corrected chi connectivity index (χ3v) is 9.43. The summed E-state index contributed by atoms with van der Waals surface area (Å²) >= 11 is 0. The van der Waals surface area contributed by atoms with Gasteiger partial charge in [-0.05, 0) is 117 Å². The summed E-state index contributed by atoms with van der Waals surface area (Å²) in [5.41, 5.74) is 3.22. The van der Waals surface area contributed by atoms with Gasteiger partial charge in [-0.25, -0.2) is 0 Å². The average molecular weight is 699 g/mol. The molecule has 1 saturated carbocycles. The van der Waals surface area contributed by atoms with Gasteiger partial charge in [-0.1, -0.05) is 12.1 Å². The molecule has 4 aromatic rings. The van der Waals surface area contributed by atoms with Crippen molar-refractivity contribution in [3.8, 4) is 46.0 Å². The van der Waals surface area contributed by atoms with Crippen molar-refractivity contribution in [3.05, 3.63) is 95.1 Å². The summed E-state index contributed by atoms with van der Waals surface area (Å²) in [5.74, 6) is 4.42. The molecule has 0 aliphatic heterocycles. The Bertz CT molecular complexity index is 1720. The van der Waals surface area contributed by atoms with Crippen LogP contribution in [0.15, 0.2) is 72.8 Å². The zero-order chi connectivity index (χ0) is 36.7. The molecular weight excluding hydrogens is 652 g/mol. The molecule has 0 unspecified atom stereocenters. The summed E-state index contributed by atoms with van der Waals surface area (Å²) in [6.45, 7) is 3.44. The summed E-state index contributed by atoms with van der Waals surface area (Å²) < 4.78 is 44.9. The molecule has 10 nitrogen and oxygen atoms in total. The summed E-state index contributed by atoms with van der Waals surface area (Å²) in [6.07, 6.45) is 1.43. The number of hydrogen-bond acceptors (Lipinski definition) is 10. The minimum atomic E-state index is -0.757. The smallest absolute Gasteiger partial charge is 0.203 e. The Balaban J connectivity index is 1.23. The van der Waals surface area contributed by atoms with E-state index in [0.717, 1.165) is 30.4 Å². The minimum Gasteiger partial charge on any atom is -0.493 e. The van der Waals surface area contributed by atoms with Crippen molar-refractivity contribution in [1.82, 2.24) is 0 Å². The third kappa shape index (κ3) is 8.17. The highest BCUT2D eigenvalue weighted by atomic mass is 16.5. The van der Waals surface area contributed by atoms with E-state index < -0.39 is 12.2 Å². The maximum atomic E-state index is 13.2. The monoisotopic (exact) mass is 698 g/mol. The first kappa shape index (κ1) is 36.9. The molecule has 4 atom stereocenters. The van der Waals surface area contributed by atoms with Crippen LogP contribution in [-0.4, -0.2) is 66.4 Å². The number of carbonyl (C=O) groups excluding carboxylic acids is 2. The van der Waals surface area contributed by atoms with E-state index in [0.29, 0.717) is 69.0 Å². The molecule has 0 saturated heterocycles. The molecule has 1 fully saturated rings. The maximum absolute atomic E-state index is 13.2. The molecule has 0 bridgehead atoms. The lowest BCUT2D eigenvalue weighted by molar-refractivity contribution is 0.0808. The standard InChI is InChI=1S/C41H46O10/c1-24(40(42)30-13-15-32(44-3)36(22-30)46-5)50-34-17-11-28(20-38(34)48-7)26-9-10-27(19-26)29-12-18-35(39(21-29)49-8)51-25(2)41(43)31-14-16-33(45-4)37(23-31)47-6/h11-18,20-27H,9-10,19H2,1-8H3/t24-,25-,26-,27+/m1/s1. The van der Waals surface area contributed by atoms with Gasteiger partial charge in [0.25, 0.3) is 0 Å². The van der Waals surface area contributed by atoms with E-state index in [1.807, 2.05) is 36.4 Å². The fourth-order valence-electron chi connectivity index (χ4n) is 6.59. The first-order valence-electron chi connectivity index (χ1n) is 16.9. The van der Waals surface area contributed by atoms with E-state index >= 15 is 0 Å². The quantitative estimate of drug-likeness (QED) is 0.107. The van der Waals surface area contributed by atoms with E-state index in [1.54, 1.807) is 78.7 Å². The van der Waals surface area contributed by atoms with Crippen LogP contribution < -0.4 is 37.9 Å². The Labute approximate surface area is 299 Å². The predicted octanol–water partition coefficient (Wildman–Crippen LogP) is 8.09. The van der Waals surface area contributed by atoms with E-state index in [1.165, 1.54) is 14.2 Å². The van der Waals surface area contributed by atoms with Crippen LogP contribution in [0.1, 0.15) is 76.8 Å². The van der Waals surface area contributed by atoms with Crippen molar-refractivity contribution >= 4 is 11.6 Å². The van der Waals surface area contributed by atoms with Gasteiger partial charge in [0.05, 0.1) is 42.7 Å². The molecule has 1 aliphatic carbocycles. The Morgan fingerprint density at radius 1 is 0.471 bits per heavy atom. The first-order chi connectivity index (χ1) is 24.6. The molecule has 0 heterocycles. The van der Waals surface area contributed by atoms with Gasteiger partial charge in [0.15, 0.2) is 58.2 Å². The summed E-state index contributed by atoms with van der Waals surface area (Å²) in [7, 11) is 9.36. The minimum absolute atomic E-state index is 0.188. The Kier molecular flexibility index (Phi) is 12.0. The fraction of sp³-hybridized carbons (Fsp3) is 0.366. The largest absolute Gasteiger partial charge is 0.493 e. The van der Waals surface area contributed by atoms with Gasteiger partial charge in [-0.3, -0.25) is 9.59 Å². The van der Waals surface area contributed by atoms with Crippen LogP contribution in [0, 0.1) is 0 Å². The Morgan fingerprint density at radius 2 is 0.804 bits per heavy atom. The van der Waals surface area contributed by atoms with Crippen LogP contribution in [0.4, 0.5) is 0 Å². The maximum Gasteiger partial charge on any atom is 0.203 e. The number of carbonyl (C=O) groups is 2. The molecular formula is C41H46O10. The summed E-state index contributed by atoms with van der Waals surface area (Å²) in [4.78, 5) is 26.4. The van der Waals surface area contributed by atoms with E-state index in [2.05, 4.69) is 0 Å². The molecule has 0 spiro atoms. The highest BCUT2D eigenvalue weighted by molar-refractivity contribution is 6.00. The van der Waals surface area contributed by atoms with E-state index in [-0.39, 0.29) is 11.6 Å². The second kappa shape index (κ2) is 16.6. The lowest BCUT2D eigenvalue weighted by Gasteiger charge is -2.20. The van der Waals surface area contributed by atoms with Crippen molar-refractivity contribution in [2.75, 3.05) is 42.7 Å². The molecule has 270 valence electrons. The Morgan fingerprint density at radius 3 is 1.16 bits per heavy atom. The van der Waals surface area contributed by atoms with Crippen LogP contribution in [0.3, 0.4) is 0 Å². The van der Waals surface area contributed by atoms with Crippen LogP contribution >= 0.6 is 0 Å². The number of ether oxygens (including phenoxy) is 8. The summed E-state index contributed by atoms with van der Waals surface area (Å²) in [6, 6.07) is 21.9. The van der Waals surface area contributed by atoms with Gasteiger partial charge in [0, 0.05) is 11.1 Å². The molecule has 0 radical (unpaired) electrons. The van der Waals surface area contributed by atoms with Crippen molar-refractivity contribution in [2.24, 2.45) is 0 Å².